The van der Waals surface area contributed by atoms with Gasteiger partial charge in [0.25, 0.3) is 5.56 Å². The van der Waals surface area contributed by atoms with Crippen LogP contribution >= 0.6 is 0 Å². The number of fused-ring (bicyclic) bond motifs is 3. The quantitative estimate of drug-likeness (QED) is 0.849. The maximum atomic E-state index is 12.8. The van der Waals surface area contributed by atoms with E-state index in [0.717, 1.165) is 63.1 Å². The van der Waals surface area contributed by atoms with Crippen LogP contribution in [-0.4, -0.2) is 34.1 Å². The van der Waals surface area contributed by atoms with E-state index in [1.165, 1.54) is 29.7 Å². The third-order valence-electron chi connectivity index (χ3n) is 6.13. The molecule has 0 N–H and O–H groups in total. The zero-order chi connectivity index (χ0) is 17.7. The number of rotatable bonds is 4. The van der Waals surface area contributed by atoms with Gasteiger partial charge in [0.15, 0.2) is 0 Å². The van der Waals surface area contributed by atoms with E-state index in [1.54, 1.807) is 0 Å². The number of anilines is 1. The first-order valence-electron chi connectivity index (χ1n) is 9.83. The van der Waals surface area contributed by atoms with Crippen molar-refractivity contribution in [3.05, 3.63) is 57.0 Å². The molecule has 5 heteroatoms. The van der Waals surface area contributed by atoms with Crippen molar-refractivity contribution in [1.82, 2.24) is 14.5 Å². The van der Waals surface area contributed by atoms with E-state index < -0.39 is 0 Å². The van der Waals surface area contributed by atoms with Crippen molar-refractivity contribution in [3.63, 3.8) is 0 Å². The first-order valence-corrected chi connectivity index (χ1v) is 9.83. The zero-order valence-corrected chi connectivity index (χ0v) is 15.4. The highest BCUT2D eigenvalue weighted by Gasteiger charge is 2.31. The Morgan fingerprint density at radius 2 is 2.00 bits per heavy atom. The molecule has 1 fully saturated rings. The molecule has 26 heavy (non-hydrogen) atoms. The van der Waals surface area contributed by atoms with Gasteiger partial charge in [0, 0.05) is 51.4 Å². The summed E-state index contributed by atoms with van der Waals surface area (Å²) in [5.41, 5.74) is 4.77. The molecule has 0 bridgehead atoms. The van der Waals surface area contributed by atoms with Gasteiger partial charge in [-0.1, -0.05) is 24.3 Å². The minimum atomic E-state index is -0.0107. The number of aromatic nitrogens is 2. The highest BCUT2D eigenvalue weighted by molar-refractivity contribution is 5.42. The summed E-state index contributed by atoms with van der Waals surface area (Å²) < 4.78 is 2.31. The first kappa shape index (κ1) is 16.1. The van der Waals surface area contributed by atoms with Crippen LogP contribution in [0.25, 0.3) is 0 Å². The van der Waals surface area contributed by atoms with Gasteiger partial charge >= 0.3 is 0 Å². The Kier molecular flexibility index (Phi) is 3.85. The number of benzene rings is 1. The van der Waals surface area contributed by atoms with Gasteiger partial charge in [0.05, 0.1) is 5.56 Å². The molecular formula is C21H26N4O. The van der Waals surface area contributed by atoms with Gasteiger partial charge in [0.2, 0.25) is 5.95 Å². The lowest BCUT2D eigenvalue weighted by Gasteiger charge is -2.30. The van der Waals surface area contributed by atoms with Crippen LogP contribution in [0.3, 0.4) is 0 Å². The highest BCUT2D eigenvalue weighted by atomic mass is 16.1. The van der Waals surface area contributed by atoms with E-state index in [-0.39, 0.29) is 5.56 Å². The molecule has 5 rings (SSSR count). The molecule has 0 unspecified atom stereocenters. The van der Waals surface area contributed by atoms with Crippen LogP contribution in [0.1, 0.15) is 35.2 Å². The molecule has 0 atom stereocenters. The number of aryl methyl sites for hydroxylation is 1. The second-order valence-electron chi connectivity index (χ2n) is 8.07. The number of hydrogen-bond acceptors (Lipinski definition) is 4. The third kappa shape index (κ3) is 2.84. The van der Waals surface area contributed by atoms with Crippen molar-refractivity contribution in [3.8, 4) is 0 Å². The molecule has 5 nitrogen and oxygen atoms in total. The van der Waals surface area contributed by atoms with Crippen LogP contribution in [0.2, 0.25) is 0 Å². The lowest BCUT2D eigenvalue weighted by Crippen LogP contribution is -2.38. The molecule has 3 aliphatic rings. The fraction of sp³-hybridized carbons (Fsp3) is 0.524. The van der Waals surface area contributed by atoms with Gasteiger partial charge < -0.3 is 9.47 Å². The Balaban J connectivity index is 1.43. The minimum Gasteiger partial charge on any atom is -0.336 e. The summed E-state index contributed by atoms with van der Waals surface area (Å²) in [6.07, 6.45) is 3.70. The molecule has 3 heterocycles. The Morgan fingerprint density at radius 1 is 1.15 bits per heavy atom. The van der Waals surface area contributed by atoms with Crippen molar-refractivity contribution in [1.29, 1.82) is 0 Å². The molecular weight excluding hydrogens is 324 g/mol. The SMILES string of the molecule is Cc1ccccc1CN1CCn2c1nc(=O)c1c2CCN(CC2CC2)C1. The molecule has 0 saturated heterocycles. The van der Waals surface area contributed by atoms with Crippen LogP contribution in [0.5, 0.6) is 0 Å². The monoisotopic (exact) mass is 350 g/mol. The van der Waals surface area contributed by atoms with Crippen molar-refractivity contribution in [2.45, 2.75) is 45.8 Å². The maximum absolute atomic E-state index is 12.8. The highest BCUT2D eigenvalue weighted by Crippen LogP contribution is 2.32. The summed E-state index contributed by atoms with van der Waals surface area (Å²) in [7, 11) is 0. The van der Waals surface area contributed by atoms with E-state index in [0.29, 0.717) is 0 Å². The molecule has 1 aliphatic carbocycles. The molecule has 1 saturated carbocycles. The lowest BCUT2D eigenvalue weighted by molar-refractivity contribution is 0.238. The largest absolute Gasteiger partial charge is 0.336 e. The fourth-order valence-corrected chi connectivity index (χ4v) is 4.40. The molecule has 1 aromatic heterocycles. The standard InChI is InChI=1S/C21H26N4O/c1-15-4-2-3-5-17(15)13-24-10-11-25-19-8-9-23(12-16-6-7-16)14-18(19)20(26)22-21(24)25/h2-5,16H,6-14H2,1H3. The topological polar surface area (TPSA) is 41.4 Å². The van der Waals surface area contributed by atoms with Gasteiger partial charge in [0.1, 0.15) is 0 Å². The first-order chi connectivity index (χ1) is 12.7. The van der Waals surface area contributed by atoms with Gasteiger partial charge in [-0.25, -0.2) is 0 Å². The molecule has 0 radical (unpaired) electrons. The normalized spacial score (nSPS) is 19.5. The van der Waals surface area contributed by atoms with Gasteiger partial charge in [-0.05, 0) is 36.8 Å². The second kappa shape index (κ2) is 6.23. The van der Waals surface area contributed by atoms with Crippen molar-refractivity contribution in [2.24, 2.45) is 5.92 Å². The van der Waals surface area contributed by atoms with Crippen LogP contribution in [0.15, 0.2) is 29.1 Å². The van der Waals surface area contributed by atoms with Gasteiger partial charge in [-0.15, -0.1) is 0 Å². The summed E-state index contributed by atoms with van der Waals surface area (Å²) in [6.45, 7) is 7.86. The molecule has 2 aromatic rings. The summed E-state index contributed by atoms with van der Waals surface area (Å²) >= 11 is 0. The summed E-state index contributed by atoms with van der Waals surface area (Å²) in [5, 5.41) is 0. The smallest absolute Gasteiger partial charge is 0.279 e. The molecule has 0 spiro atoms. The van der Waals surface area contributed by atoms with E-state index in [4.69, 9.17) is 0 Å². The van der Waals surface area contributed by atoms with E-state index in [9.17, 15) is 4.79 Å². The van der Waals surface area contributed by atoms with Crippen molar-refractivity contribution >= 4 is 5.95 Å². The fourth-order valence-electron chi connectivity index (χ4n) is 4.40. The van der Waals surface area contributed by atoms with E-state index in [2.05, 4.69) is 50.5 Å². The number of nitrogens with zero attached hydrogens (tertiary/aromatic N) is 4. The van der Waals surface area contributed by atoms with Gasteiger partial charge in [-0.3, -0.25) is 9.69 Å². The number of hydrogen-bond donors (Lipinski definition) is 0. The molecule has 2 aliphatic heterocycles. The lowest BCUT2D eigenvalue weighted by atomic mass is 10.1. The third-order valence-corrected chi connectivity index (χ3v) is 6.13. The summed E-state index contributed by atoms with van der Waals surface area (Å²) in [4.78, 5) is 22.0. The van der Waals surface area contributed by atoms with Gasteiger partial charge in [-0.2, -0.15) is 4.98 Å². The maximum Gasteiger partial charge on any atom is 0.279 e. The second-order valence-corrected chi connectivity index (χ2v) is 8.07. The van der Waals surface area contributed by atoms with Crippen LogP contribution in [0, 0.1) is 12.8 Å². The molecule has 1 aromatic carbocycles. The van der Waals surface area contributed by atoms with E-state index in [1.807, 2.05) is 0 Å². The average molecular weight is 350 g/mol. The summed E-state index contributed by atoms with van der Waals surface area (Å²) in [5.74, 6) is 1.74. The predicted octanol–water partition coefficient (Wildman–Crippen LogP) is 2.34. The van der Waals surface area contributed by atoms with Crippen molar-refractivity contribution in [2.75, 3.05) is 24.5 Å². The van der Waals surface area contributed by atoms with Crippen LogP contribution in [-0.2, 0) is 26.1 Å². The Hall–Kier alpha value is -2.14. The Morgan fingerprint density at radius 3 is 2.81 bits per heavy atom. The summed E-state index contributed by atoms with van der Waals surface area (Å²) in [6, 6.07) is 8.47. The molecule has 136 valence electrons. The zero-order valence-electron chi connectivity index (χ0n) is 15.4. The predicted molar refractivity (Wildman–Crippen MR) is 102 cm³/mol. The van der Waals surface area contributed by atoms with Crippen LogP contribution in [0.4, 0.5) is 5.95 Å². The minimum absolute atomic E-state index is 0.0107. The Labute approximate surface area is 154 Å². The van der Waals surface area contributed by atoms with E-state index >= 15 is 0 Å². The Bertz CT molecular complexity index is 899. The van der Waals surface area contributed by atoms with Crippen molar-refractivity contribution < 1.29 is 0 Å². The molecule has 0 amide bonds. The average Bonchev–Trinajstić information content (AvgIpc) is 3.37. The van der Waals surface area contributed by atoms with Crippen LogP contribution < -0.4 is 10.5 Å².